The summed E-state index contributed by atoms with van der Waals surface area (Å²) in [6, 6.07) is 2.72. The molecule has 0 spiro atoms. The molecule has 3 N–H and O–H groups in total. The fourth-order valence-electron chi connectivity index (χ4n) is 2.45. The first-order valence-electron chi connectivity index (χ1n) is 6.03. The highest BCUT2D eigenvalue weighted by Crippen LogP contribution is 2.40. The van der Waals surface area contributed by atoms with Crippen LogP contribution in [-0.4, -0.2) is 27.1 Å². The van der Waals surface area contributed by atoms with Gasteiger partial charge in [0.15, 0.2) is 0 Å². The quantitative estimate of drug-likeness (QED) is 0.779. The molecule has 0 saturated heterocycles. The third-order valence-electron chi connectivity index (χ3n) is 3.47. The normalized spacial score (nSPS) is 21.9. The molecule has 1 unspecified atom stereocenters. The Balaban J connectivity index is 2.74. The summed E-state index contributed by atoms with van der Waals surface area (Å²) in [5.74, 6) is -3.92. The van der Waals surface area contributed by atoms with Crippen molar-refractivity contribution >= 4 is 11.9 Å². The molecule has 0 saturated carbocycles. The number of aromatic nitrogens is 1. The number of carbonyl (C=O) groups is 2. The maximum Gasteiger partial charge on any atom is 0.334 e. The monoisotopic (exact) mass is 293 g/mol. The molecule has 0 bridgehead atoms. The molecule has 1 aromatic rings. The Morgan fingerprint density at radius 3 is 2.57 bits per heavy atom. The molecule has 1 heterocycles. The number of halogens is 1. The Bertz CT molecular complexity index is 746. The molecule has 0 aromatic carbocycles. The minimum atomic E-state index is -1.90. The molecule has 1 aromatic heterocycles. The number of hydrogen-bond acceptors (Lipinski definition) is 3. The predicted octanol–water partition coefficient (Wildman–Crippen LogP) is 1.36. The third kappa shape index (κ3) is 2.26. The second-order valence-corrected chi connectivity index (χ2v) is 4.79. The van der Waals surface area contributed by atoms with Gasteiger partial charge in [0.25, 0.3) is 5.56 Å². The zero-order valence-corrected chi connectivity index (χ0v) is 11.0. The van der Waals surface area contributed by atoms with Gasteiger partial charge in [-0.3, -0.25) is 9.59 Å². The number of rotatable bonds is 3. The van der Waals surface area contributed by atoms with E-state index < -0.39 is 40.7 Å². The van der Waals surface area contributed by atoms with Gasteiger partial charge in [0.1, 0.15) is 11.2 Å². The second kappa shape index (κ2) is 5.01. The Morgan fingerprint density at radius 2 is 2.05 bits per heavy atom. The van der Waals surface area contributed by atoms with E-state index in [1.54, 1.807) is 0 Å². The highest BCUT2D eigenvalue weighted by atomic mass is 19.1. The van der Waals surface area contributed by atoms with Gasteiger partial charge in [-0.1, -0.05) is 12.1 Å². The molecule has 6 nitrogen and oxygen atoms in total. The van der Waals surface area contributed by atoms with Crippen molar-refractivity contribution < 1.29 is 24.2 Å². The number of allylic oxidation sites excluding steroid dienone is 2. The Hall–Kier alpha value is -2.70. The third-order valence-corrected chi connectivity index (χ3v) is 3.47. The lowest BCUT2D eigenvalue weighted by atomic mass is 9.71. The van der Waals surface area contributed by atoms with Gasteiger partial charge in [-0.25, -0.2) is 9.18 Å². The van der Waals surface area contributed by atoms with Gasteiger partial charge >= 0.3 is 11.9 Å². The van der Waals surface area contributed by atoms with Crippen LogP contribution in [-0.2, 0) is 15.0 Å². The number of H-pyrrole nitrogens is 1. The smallest absolute Gasteiger partial charge is 0.334 e. The van der Waals surface area contributed by atoms with Crippen LogP contribution in [0.25, 0.3) is 0 Å². The van der Waals surface area contributed by atoms with Gasteiger partial charge in [-0.2, -0.15) is 0 Å². The fraction of sp³-hybridized carbons (Fsp3) is 0.214. The highest BCUT2D eigenvalue weighted by molar-refractivity contribution is 5.93. The molecule has 7 heteroatoms. The number of carboxylic acids is 2. The maximum absolute atomic E-state index is 13.9. The van der Waals surface area contributed by atoms with E-state index in [2.05, 4.69) is 4.98 Å². The number of hydrogen-bond donors (Lipinski definition) is 3. The second-order valence-electron chi connectivity index (χ2n) is 4.79. The van der Waals surface area contributed by atoms with E-state index in [0.29, 0.717) is 0 Å². The van der Waals surface area contributed by atoms with Crippen LogP contribution in [0.1, 0.15) is 18.9 Å². The molecule has 1 atom stereocenters. The average molecular weight is 293 g/mol. The minimum Gasteiger partial charge on any atom is -0.480 e. The van der Waals surface area contributed by atoms with Crippen molar-refractivity contribution in [1.82, 2.24) is 4.98 Å². The van der Waals surface area contributed by atoms with Crippen molar-refractivity contribution in [2.45, 2.75) is 18.8 Å². The molecule has 21 heavy (non-hydrogen) atoms. The first kappa shape index (κ1) is 14.7. The average Bonchev–Trinajstić information content (AvgIpc) is 2.41. The van der Waals surface area contributed by atoms with E-state index in [-0.39, 0.29) is 11.1 Å². The fourth-order valence-corrected chi connectivity index (χ4v) is 2.45. The van der Waals surface area contributed by atoms with Crippen molar-refractivity contribution in [3.63, 3.8) is 0 Å². The van der Waals surface area contributed by atoms with Gasteiger partial charge in [0, 0.05) is 18.2 Å². The number of pyridine rings is 1. The van der Waals surface area contributed by atoms with Crippen LogP contribution in [0, 0.1) is 0 Å². The molecular formula is C14H12FNO5. The summed E-state index contributed by atoms with van der Waals surface area (Å²) in [5.41, 5.74) is -3.47. The van der Waals surface area contributed by atoms with Gasteiger partial charge in [0.2, 0.25) is 0 Å². The summed E-state index contributed by atoms with van der Waals surface area (Å²) in [7, 11) is 0. The van der Waals surface area contributed by atoms with E-state index in [1.807, 2.05) is 0 Å². The molecular weight excluding hydrogens is 281 g/mol. The number of nitrogens with one attached hydrogen (secondary N) is 1. The van der Waals surface area contributed by atoms with Crippen molar-refractivity contribution in [1.29, 1.82) is 0 Å². The maximum atomic E-state index is 13.9. The first-order valence-corrected chi connectivity index (χ1v) is 6.03. The van der Waals surface area contributed by atoms with Crippen LogP contribution in [0.2, 0.25) is 0 Å². The van der Waals surface area contributed by atoms with Crippen LogP contribution in [0.15, 0.2) is 46.2 Å². The Kier molecular flexibility index (Phi) is 3.51. The van der Waals surface area contributed by atoms with Gasteiger partial charge in [-0.15, -0.1) is 0 Å². The number of carboxylic acid groups (broad SMARTS) is 2. The van der Waals surface area contributed by atoms with Crippen LogP contribution < -0.4 is 5.56 Å². The number of aliphatic carboxylic acids is 2. The van der Waals surface area contributed by atoms with Crippen molar-refractivity contribution in [3.8, 4) is 0 Å². The van der Waals surface area contributed by atoms with E-state index in [4.69, 9.17) is 5.11 Å². The van der Waals surface area contributed by atoms with Crippen molar-refractivity contribution in [2.24, 2.45) is 0 Å². The molecule has 0 aliphatic heterocycles. The largest absolute Gasteiger partial charge is 0.480 e. The SMILES string of the molecule is CC1=CC(C(=O)O)(c2ccc[nH]c2=O)CC(C(=O)O)=C1F. The summed E-state index contributed by atoms with van der Waals surface area (Å²) < 4.78 is 13.9. The Morgan fingerprint density at radius 1 is 1.38 bits per heavy atom. The lowest BCUT2D eigenvalue weighted by Crippen LogP contribution is -2.41. The molecule has 1 aliphatic carbocycles. The lowest BCUT2D eigenvalue weighted by molar-refractivity contribution is -0.142. The van der Waals surface area contributed by atoms with Gasteiger partial charge in [-0.05, 0) is 18.6 Å². The summed E-state index contributed by atoms with van der Waals surface area (Å²) in [6.45, 7) is 1.27. The lowest BCUT2D eigenvalue weighted by Gasteiger charge is -2.30. The van der Waals surface area contributed by atoms with Crippen molar-refractivity contribution in [2.75, 3.05) is 0 Å². The summed E-state index contributed by atoms with van der Waals surface area (Å²) in [6.07, 6.45) is 1.78. The van der Waals surface area contributed by atoms with Crippen LogP contribution in [0.4, 0.5) is 4.39 Å². The van der Waals surface area contributed by atoms with Gasteiger partial charge < -0.3 is 15.2 Å². The van der Waals surface area contributed by atoms with Crippen molar-refractivity contribution in [3.05, 3.63) is 57.3 Å². The van der Waals surface area contributed by atoms with E-state index in [1.165, 1.54) is 25.3 Å². The zero-order valence-electron chi connectivity index (χ0n) is 11.0. The van der Waals surface area contributed by atoms with Crippen LogP contribution in [0.5, 0.6) is 0 Å². The van der Waals surface area contributed by atoms with E-state index >= 15 is 0 Å². The van der Waals surface area contributed by atoms with Gasteiger partial charge in [0.05, 0.1) is 5.57 Å². The van der Waals surface area contributed by atoms with E-state index in [0.717, 1.165) is 6.08 Å². The summed E-state index contributed by atoms with van der Waals surface area (Å²) in [5, 5.41) is 18.6. The topological polar surface area (TPSA) is 107 Å². The number of aromatic amines is 1. The zero-order chi connectivity index (χ0) is 15.8. The van der Waals surface area contributed by atoms with Crippen LogP contribution in [0.3, 0.4) is 0 Å². The Labute approximate surface area is 118 Å². The molecule has 0 radical (unpaired) electrons. The standard InChI is InChI=1S/C14H12FNO5/c1-7-5-14(13(20)21,6-8(10(7)15)12(18)19)9-3-2-4-16-11(9)17/h2-5H,6H2,1H3,(H,16,17)(H,18,19)(H,20,21). The summed E-state index contributed by atoms with van der Waals surface area (Å²) >= 11 is 0. The molecule has 0 fully saturated rings. The first-order chi connectivity index (χ1) is 9.79. The van der Waals surface area contributed by atoms with Crippen LogP contribution >= 0.6 is 0 Å². The molecule has 1 aliphatic rings. The molecule has 110 valence electrons. The van der Waals surface area contributed by atoms with E-state index in [9.17, 15) is 23.9 Å². The highest BCUT2D eigenvalue weighted by Gasteiger charge is 2.46. The molecule has 0 amide bonds. The predicted molar refractivity (Wildman–Crippen MR) is 70.5 cm³/mol. The molecule has 2 rings (SSSR count). The minimum absolute atomic E-state index is 0.121. The summed E-state index contributed by atoms with van der Waals surface area (Å²) in [4.78, 5) is 37.1.